The molecule has 82 valence electrons. The normalized spacial score (nSPS) is 9.73. The number of likely N-dealkylation sites (N-methyl/N-ethyl adjacent to an activating group) is 1. The lowest BCUT2D eigenvalue weighted by Crippen LogP contribution is -2.33. The fourth-order valence-corrected chi connectivity index (χ4v) is 0.895. The molecule has 0 bridgehead atoms. The average molecular weight is 213 g/mol. The number of nitrogens with one attached hydrogen (secondary N) is 1. The van der Waals surface area contributed by atoms with Gasteiger partial charge in [0.15, 0.2) is 0 Å². The van der Waals surface area contributed by atoms with Crippen LogP contribution in [0.4, 0.5) is 0 Å². The van der Waals surface area contributed by atoms with Crippen molar-refractivity contribution in [3.05, 3.63) is 5.82 Å². The van der Waals surface area contributed by atoms with Crippen molar-refractivity contribution >= 4 is 11.9 Å². The summed E-state index contributed by atoms with van der Waals surface area (Å²) in [6.07, 6.45) is 0. The summed E-state index contributed by atoms with van der Waals surface area (Å²) in [5.41, 5.74) is 0. The third-order valence-electron chi connectivity index (χ3n) is 1.55. The molecule has 0 radical (unpaired) electrons. The minimum atomic E-state index is -0.489. The van der Waals surface area contributed by atoms with E-state index in [4.69, 9.17) is 0 Å². The van der Waals surface area contributed by atoms with Crippen LogP contribution in [0.15, 0.2) is 0 Å². The molecule has 1 rings (SSSR count). The van der Waals surface area contributed by atoms with Gasteiger partial charge in [0.25, 0.3) is 11.7 Å². The lowest BCUT2D eigenvalue weighted by atomic mass is 10.4. The molecule has 0 fully saturated rings. The van der Waals surface area contributed by atoms with Gasteiger partial charge in [-0.2, -0.15) is 5.21 Å². The first-order chi connectivity index (χ1) is 7.15. The maximum atomic E-state index is 11.5. The monoisotopic (exact) mass is 213 g/mol. The zero-order valence-corrected chi connectivity index (χ0v) is 8.43. The van der Waals surface area contributed by atoms with Gasteiger partial charge < -0.3 is 9.64 Å². The van der Waals surface area contributed by atoms with Crippen molar-refractivity contribution in [1.82, 2.24) is 25.5 Å². The van der Waals surface area contributed by atoms with Crippen molar-refractivity contribution in [2.45, 2.75) is 6.92 Å². The highest BCUT2D eigenvalue weighted by Gasteiger charge is 2.18. The van der Waals surface area contributed by atoms with Crippen molar-refractivity contribution < 1.29 is 14.3 Å². The Morgan fingerprint density at radius 2 is 2.27 bits per heavy atom. The van der Waals surface area contributed by atoms with Crippen LogP contribution in [0.2, 0.25) is 0 Å². The molecule has 1 amide bonds. The molecule has 0 saturated carbocycles. The van der Waals surface area contributed by atoms with Gasteiger partial charge in [0, 0.05) is 7.05 Å². The molecule has 0 saturated heterocycles. The number of carbonyl (C=O) groups excluding carboxylic acids is 2. The van der Waals surface area contributed by atoms with Gasteiger partial charge in [-0.25, -0.2) is 0 Å². The van der Waals surface area contributed by atoms with Crippen molar-refractivity contribution in [2.24, 2.45) is 0 Å². The quantitative estimate of drug-likeness (QED) is 0.633. The van der Waals surface area contributed by atoms with Crippen molar-refractivity contribution in [3.63, 3.8) is 0 Å². The number of esters is 1. The molecular formula is C7H11N5O3. The maximum absolute atomic E-state index is 11.5. The van der Waals surface area contributed by atoms with Crippen LogP contribution >= 0.6 is 0 Å². The number of tetrazole rings is 1. The summed E-state index contributed by atoms with van der Waals surface area (Å²) in [6.45, 7) is 1.84. The number of amides is 1. The van der Waals surface area contributed by atoms with Gasteiger partial charge in [-0.15, -0.1) is 10.2 Å². The number of ether oxygens (including phenoxy) is 1. The predicted octanol–water partition coefficient (Wildman–Crippen LogP) is -1.17. The number of rotatable bonds is 4. The number of hydrogen-bond donors (Lipinski definition) is 1. The Balaban J connectivity index is 2.51. The third kappa shape index (κ3) is 3.01. The van der Waals surface area contributed by atoms with Gasteiger partial charge in [0.05, 0.1) is 6.61 Å². The van der Waals surface area contributed by atoms with Crippen LogP contribution in [0, 0.1) is 0 Å². The van der Waals surface area contributed by atoms with Crippen molar-refractivity contribution in [2.75, 3.05) is 20.2 Å². The van der Waals surface area contributed by atoms with E-state index in [1.165, 1.54) is 7.05 Å². The van der Waals surface area contributed by atoms with Gasteiger partial charge >= 0.3 is 5.97 Å². The molecule has 0 aliphatic carbocycles. The van der Waals surface area contributed by atoms with E-state index in [-0.39, 0.29) is 19.0 Å². The summed E-state index contributed by atoms with van der Waals surface area (Å²) in [6, 6.07) is 0. The molecule has 1 aromatic heterocycles. The first kappa shape index (κ1) is 11.1. The minimum Gasteiger partial charge on any atom is -0.465 e. The number of hydrogen-bond acceptors (Lipinski definition) is 6. The molecule has 1 aromatic rings. The number of aromatic amines is 1. The van der Waals surface area contributed by atoms with Crippen LogP contribution in [0.3, 0.4) is 0 Å². The zero-order chi connectivity index (χ0) is 11.3. The van der Waals surface area contributed by atoms with E-state index in [2.05, 4.69) is 25.4 Å². The molecule has 8 heteroatoms. The predicted molar refractivity (Wildman–Crippen MR) is 47.8 cm³/mol. The highest BCUT2D eigenvalue weighted by molar-refractivity contribution is 5.92. The largest absolute Gasteiger partial charge is 0.465 e. The van der Waals surface area contributed by atoms with Crippen LogP contribution in [-0.4, -0.2) is 57.6 Å². The fraction of sp³-hybridized carbons (Fsp3) is 0.571. The van der Waals surface area contributed by atoms with E-state index in [0.29, 0.717) is 0 Å². The Hall–Kier alpha value is -1.99. The second-order valence-electron chi connectivity index (χ2n) is 2.70. The molecule has 0 aliphatic rings. The second kappa shape index (κ2) is 5.03. The molecule has 15 heavy (non-hydrogen) atoms. The van der Waals surface area contributed by atoms with Crippen LogP contribution in [0.5, 0.6) is 0 Å². The fourth-order valence-electron chi connectivity index (χ4n) is 0.895. The molecule has 1 N–H and O–H groups in total. The van der Waals surface area contributed by atoms with Gasteiger partial charge in [-0.3, -0.25) is 9.59 Å². The van der Waals surface area contributed by atoms with Crippen LogP contribution in [0.25, 0.3) is 0 Å². The van der Waals surface area contributed by atoms with Crippen LogP contribution in [0.1, 0.15) is 17.5 Å². The summed E-state index contributed by atoms with van der Waals surface area (Å²) >= 11 is 0. The SMILES string of the molecule is CCOC(=O)CN(C)C(=O)c1nn[nH]n1. The molecule has 1 heterocycles. The number of carbonyl (C=O) groups is 2. The number of nitrogens with zero attached hydrogens (tertiary/aromatic N) is 4. The lowest BCUT2D eigenvalue weighted by molar-refractivity contribution is -0.143. The average Bonchev–Trinajstić information content (AvgIpc) is 2.69. The number of H-pyrrole nitrogens is 1. The van der Waals surface area contributed by atoms with E-state index >= 15 is 0 Å². The van der Waals surface area contributed by atoms with Gasteiger partial charge in [-0.05, 0) is 12.1 Å². The lowest BCUT2D eigenvalue weighted by Gasteiger charge is -2.13. The standard InChI is InChI=1S/C7H11N5O3/c1-3-15-5(13)4-12(2)7(14)6-8-10-11-9-6/h3-4H2,1-2H3,(H,8,9,10,11). The Morgan fingerprint density at radius 1 is 1.53 bits per heavy atom. The minimum absolute atomic E-state index is 0.0817. The molecule has 8 nitrogen and oxygen atoms in total. The zero-order valence-electron chi connectivity index (χ0n) is 8.43. The highest BCUT2D eigenvalue weighted by Crippen LogP contribution is 1.94. The molecule has 0 unspecified atom stereocenters. The topological polar surface area (TPSA) is 101 Å². The summed E-state index contributed by atoms with van der Waals surface area (Å²) in [5.74, 6) is -1.05. The Kier molecular flexibility index (Phi) is 3.72. The summed E-state index contributed by atoms with van der Waals surface area (Å²) in [4.78, 5) is 23.7. The van der Waals surface area contributed by atoms with E-state index in [0.717, 1.165) is 4.90 Å². The first-order valence-electron chi connectivity index (χ1n) is 4.29. The first-order valence-corrected chi connectivity index (χ1v) is 4.29. The van der Waals surface area contributed by atoms with Gasteiger partial charge in [0.1, 0.15) is 6.54 Å². The van der Waals surface area contributed by atoms with Gasteiger partial charge in [0.2, 0.25) is 0 Å². The Labute approximate surface area is 85.6 Å². The molecule has 0 atom stereocenters. The Bertz CT molecular complexity index is 336. The Morgan fingerprint density at radius 3 is 2.80 bits per heavy atom. The van der Waals surface area contributed by atoms with Crippen molar-refractivity contribution in [3.8, 4) is 0 Å². The van der Waals surface area contributed by atoms with E-state index in [9.17, 15) is 9.59 Å². The smallest absolute Gasteiger partial charge is 0.325 e. The van der Waals surface area contributed by atoms with E-state index in [1.807, 2.05) is 0 Å². The third-order valence-corrected chi connectivity index (χ3v) is 1.55. The summed E-state index contributed by atoms with van der Waals surface area (Å²) in [5, 5.41) is 12.4. The molecule has 0 aliphatic heterocycles. The summed E-state index contributed by atoms with van der Waals surface area (Å²) < 4.78 is 4.68. The maximum Gasteiger partial charge on any atom is 0.325 e. The van der Waals surface area contributed by atoms with Gasteiger partial charge in [-0.1, -0.05) is 0 Å². The molecule has 0 spiro atoms. The van der Waals surface area contributed by atoms with E-state index in [1.54, 1.807) is 6.92 Å². The van der Waals surface area contributed by atoms with Crippen LogP contribution in [-0.2, 0) is 9.53 Å². The summed E-state index contributed by atoms with van der Waals surface area (Å²) in [7, 11) is 1.45. The molecular weight excluding hydrogens is 202 g/mol. The van der Waals surface area contributed by atoms with E-state index < -0.39 is 11.9 Å². The molecule has 0 aromatic carbocycles. The van der Waals surface area contributed by atoms with Crippen LogP contribution < -0.4 is 0 Å². The second-order valence-corrected chi connectivity index (χ2v) is 2.70. The number of aromatic nitrogens is 4. The highest BCUT2D eigenvalue weighted by atomic mass is 16.5. The van der Waals surface area contributed by atoms with Crippen molar-refractivity contribution in [1.29, 1.82) is 0 Å².